The molecule has 2 aromatic rings. The van der Waals surface area contributed by atoms with Gasteiger partial charge in [0.15, 0.2) is 0 Å². The predicted octanol–water partition coefficient (Wildman–Crippen LogP) is 4.38. The Labute approximate surface area is 166 Å². The van der Waals surface area contributed by atoms with Gasteiger partial charge < -0.3 is 10.2 Å². The Bertz CT molecular complexity index is 847. The molecule has 1 spiro atoms. The molecule has 146 valence electrons. The molecule has 27 heavy (non-hydrogen) atoms. The first-order valence-electron chi connectivity index (χ1n) is 10.3. The van der Waals surface area contributed by atoms with Crippen LogP contribution in [0.4, 0.5) is 0 Å². The third-order valence-corrected chi connectivity index (χ3v) is 6.48. The molecule has 2 aliphatic heterocycles. The summed E-state index contributed by atoms with van der Waals surface area (Å²) in [7, 11) is 0. The zero-order valence-corrected chi connectivity index (χ0v) is 16.9. The van der Waals surface area contributed by atoms with Crippen molar-refractivity contribution >= 4 is 29.0 Å². The summed E-state index contributed by atoms with van der Waals surface area (Å²) in [5.41, 5.74) is 4.73. The van der Waals surface area contributed by atoms with Gasteiger partial charge in [0.1, 0.15) is 5.60 Å². The molecule has 1 saturated heterocycles. The minimum absolute atomic E-state index is 0. The van der Waals surface area contributed by atoms with E-state index in [0.717, 1.165) is 44.5 Å². The Kier molecular flexibility index (Phi) is 5.17. The van der Waals surface area contributed by atoms with Crippen molar-refractivity contribution in [1.82, 2.24) is 15.1 Å². The average molecular weight is 389 g/mol. The van der Waals surface area contributed by atoms with E-state index < -0.39 is 0 Å². The molecule has 0 radical (unpaired) electrons. The maximum absolute atomic E-state index is 5.94. The van der Waals surface area contributed by atoms with Crippen LogP contribution in [0.2, 0.25) is 0 Å². The second kappa shape index (κ2) is 7.44. The van der Waals surface area contributed by atoms with Gasteiger partial charge in [-0.3, -0.25) is 4.68 Å². The number of oxime groups is 1. The van der Waals surface area contributed by atoms with Crippen molar-refractivity contribution < 1.29 is 4.84 Å². The lowest BCUT2D eigenvalue weighted by molar-refractivity contribution is -0.0400. The summed E-state index contributed by atoms with van der Waals surface area (Å²) >= 11 is 0. The SMILES string of the molecule is CCc1nn(C2CCCC2)c2cc(C3=NOC4(CCNCC4)C3)ccc12.Cl. The highest BCUT2D eigenvalue weighted by atomic mass is 35.5. The lowest BCUT2D eigenvalue weighted by Crippen LogP contribution is -2.42. The molecule has 0 unspecified atom stereocenters. The Morgan fingerprint density at radius 2 is 2.00 bits per heavy atom. The van der Waals surface area contributed by atoms with Crippen molar-refractivity contribution in [2.45, 2.75) is 69.9 Å². The minimum atomic E-state index is -0.0736. The predicted molar refractivity (Wildman–Crippen MR) is 111 cm³/mol. The first-order valence-corrected chi connectivity index (χ1v) is 10.3. The molecule has 1 saturated carbocycles. The lowest BCUT2D eigenvalue weighted by Gasteiger charge is -2.30. The summed E-state index contributed by atoms with van der Waals surface area (Å²) in [6.45, 7) is 4.25. The first kappa shape index (κ1) is 18.8. The van der Waals surface area contributed by atoms with Gasteiger partial charge in [0.25, 0.3) is 0 Å². The van der Waals surface area contributed by atoms with Gasteiger partial charge in [-0.1, -0.05) is 37.1 Å². The molecule has 5 rings (SSSR count). The van der Waals surface area contributed by atoms with E-state index in [9.17, 15) is 0 Å². The molecule has 1 aliphatic carbocycles. The Balaban J connectivity index is 0.00000180. The van der Waals surface area contributed by atoms with Gasteiger partial charge in [0, 0.05) is 30.2 Å². The van der Waals surface area contributed by atoms with Gasteiger partial charge in [-0.25, -0.2) is 0 Å². The van der Waals surface area contributed by atoms with Crippen molar-refractivity contribution in [3.05, 3.63) is 29.5 Å². The maximum Gasteiger partial charge on any atom is 0.145 e. The fourth-order valence-electron chi connectivity index (χ4n) is 4.90. The van der Waals surface area contributed by atoms with Crippen molar-refractivity contribution in [1.29, 1.82) is 0 Å². The van der Waals surface area contributed by atoms with E-state index in [1.165, 1.54) is 47.8 Å². The highest BCUT2D eigenvalue weighted by molar-refractivity contribution is 6.04. The van der Waals surface area contributed by atoms with Crippen LogP contribution in [0.15, 0.2) is 23.4 Å². The molecular weight excluding hydrogens is 360 g/mol. The molecule has 5 nitrogen and oxygen atoms in total. The standard InChI is InChI=1S/C21H28N4O.ClH/c1-2-18-17-8-7-15(13-20(17)25(23-18)16-5-3-4-6-16)19-14-21(26-24-19)9-11-22-12-10-21;/h7-8,13,16,22H,2-6,9-12,14H2,1H3;1H. The topological polar surface area (TPSA) is 51.4 Å². The number of aryl methyl sites for hydroxylation is 1. The van der Waals surface area contributed by atoms with E-state index in [4.69, 9.17) is 9.94 Å². The van der Waals surface area contributed by atoms with Gasteiger partial charge in [0.05, 0.1) is 23.0 Å². The molecule has 0 amide bonds. The van der Waals surface area contributed by atoms with Gasteiger partial charge in [-0.15, -0.1) is 12.4 Å². The van der Waals surface area contributed by atoms with Gasteiger partial charge in [-0.2, -0.15) is 5.10 Å². The summed E-state index contributed by atoms with van der Waals surface area (Å²) in [6.07, 6.45) is 9.15. The average Bonchev–Trinajstić information content (AvgIpc) is 3.40. The third kappa shape index (κ3) is 3.25. The van der Waals surface area contributed by atoms with Crippen LogP contribution in [0.1, 0.15) is 69.2 Å². The van der Waals surface area contributed by atoms with Crippen LogP contribution in [0.3, 0.4) is 0 Å². The Hall–Kier alpha value is -1.59. The fraction of sp³-hybridized carbons (Fsp3) is 0.619. The maximum atomic E-state index is 5.94. The van der Waals surface area contributed by atoms with Crippen LogP contribution in [0.5, 0.6) is 0 Å². The smallest absolute Gasteiger partial charge is 0.145 e. The number of hydrogen-bond acceptors (Lipinski definition) is 4. The zero-order chi connectivity index (χ0) is 17.6. The fourth-order valence-corrected chi connectivity index (χ4v) is 4.90. The molecule has 3 aliphatic rings. The number of fused-ring (bicyclic) bond motifs is 1. The number of rotatable bonds is 3. The van der Waals surface area contributed by atoms with E-state index >= 15 is 0 Å². The zero-order valence-electron chi connectivity index (χ0n) is 16.0. The summed E-state index contributed by atoms with van der Waals surface area (Å²) in [4.78, 5) is 5.94. The largest absolute Gasteiger partial charge is 0.388 e. The summed E-state index contributed by atoms with van der Waals surface area (Å²) in [6, 6.07) is 7.33. The van der Waals surface area contributed by atoms with Crippen molar-refractivity contribution in [2.24, 2.45) is 5.16 Å². The van der Waals surface area contributed by atoms with Crippen molar-refractivity contribution in [3.8, 4) is 0 Å². The second-order valence-electron chi connectivity index (χ2n) is 8.15. The molecule has 1 aromatic carbocycles. The molecule has 6 heteroatoms. The normalized spacial score (nSPS) is 22.0. The highest BCUT2D eigenvalue weighted by Gasteiger charge is 2.40. The van der Waals surface area contributed by atoms with Crippen LogP contribution in [0.25, 0.3) is 10.9 Å². The van der Waals surface area contributed by atoms with Crippen LogP contribution in [-0.2, 0) is 11.3 Å². The molecule has 1 aromatic heterocycles. The highest BCUT2D eigenvalue weighted by Crippen LogP contribution is 2.36. The van der Waals surface area contributed by atoms with E-state index in [-0.39, 0.29) is 18.0 Å². The van der Waals surface area contributed by atoms with E-state index in [2.05, 4.69) is 40.3 Å². The number of nitrogens with one attached hydrogen (secondary N) is 1. The van der Waals surface area contributed by atoms with Gasteiger partial charge in [0.2, 0.25) is 0 Å². The van der Waals surface area contributed by atoms with Gasteiger partial charge in [-0.05, 0) is 38.4 Å². The molecular formula is C21H29ClN4O. The summed E-state index contributed by atoms with van der Waals surface area (Å²) in [5.74, 6) is 0. The first-order chi connectivity index (χ1) is 12.8. The second-order valence-corrected chi connectivity index (χ2v) is 8.15. The van der Waals surface area contributed by atoms with E-state index in [0.29, 0.717) is 6.04 Å². The summed E-state index contributed by atoms with van der Waals surface area (Å²) < 4.78 is 2.31. The number of hydrogen-bond donors (Lipinski definition) is 1. The van der Waals surface area contributed by atoms with Crippen molar-refractivity contribution in [2.75, 3.05) is 13.1 Å². The van der Waals surface area contributed by atoms with Crippen LogP contribution >= 0.6 is 12.4 Å². The summed E-state index contributed by atoms with van der Waals surface area (Å²) in [5, 5.41) is 14.2. The third-order valence-electron chi connectivity index (χ3n) is 6.48. The Morgan fingerprint density at radius 3 is 2.74 bits per heavy atom. The molecule has 3 heterocycles. The van der Waals surface area contributed by atoms with Crippen LogP contribution in [-0.4, -0.2) is 34.2 Å². The van der Waals surface area contributed by atoms with E-state index in [1.54, 1.807) is 0 Å². The quantitative estimate of drug-likeness (QED) is 0.848. The van der Waals surface area contributed by atoms with E-state index in [1.807, 2.05) is 0 Å². The monoisotopic (exact) mass is 388 g/mol. The number of piperidine rings is 1. The number of nitrogens with zero attached hydrogens (tertiary/aromatic N) is 3. The van der Waals surface area contributed by atoms with Crippen LogP contribution in [0, 0.1) is 0 Å². The molecule has 2 fully saturated rings. The number of benzene rings is 1. The Morgan fingerprint density at radius 1 is 1.22 bits per heavy atom. The molecule has 0 bridgehead atoms. The van der Waals surface area contributed by atoms with Crippen LogP contribution < -0.4 is 5.32 Å². The lowest BCUT2D eigenvalue weighted by atomic mass is 9.86. The molecule has 1 N–H and O–H groups in total. The number of aromatic nitrogens is 2. The van der Waals surface area contributed by atoms with Crippen molar-refractivity contribution in [3.63, 3.8) is 0 Å². The van der Waals surface area contributed by atoms with Gasteiger partial charge >= 0.3 is 0 Å². The minimum Gasteiger partial charge on any atom is -0.388 e. The molecule has 0 atom stereocenters. The number of halogens is 1.